The molecule has 1 N–H and O–H groups in total. The van der Waals surface area contributed by atoms with Gasteiger partial charge in [-0.25, -0.2) is 13.1 Å². The first kappa shape index (κ1) is 13.8. The average molecular weight is 278 g/mol. The molecule has 0 fully saturated rings. The van der Waals surface area contributed by atoms with E-state index in [4.69, 9.17) is 4.74 Å². The van der Waals surface area contributed by atoms with Crippen molar-refractivity contribution in [1.82, 2.24) is 4.72 Å². The van der Waals surface area contributed by atoms with Crippen molar-refractivity contribution in [2.24, 2.45) is 0 Å². The lowest BCUT2D eigenvalue weighted by Gasteiger charge is -2.14. The first-order chi connectivity index (χ1) is 8.95. The highest BCUT2D eigenvalue weighted by Crippen LogP contribution is 2.31. The summed E-state index contributed by atoms with van der Waals surface area (Å²) in [7, 11) is -0.345. The van der Waals surface area contributed by atoms with Gasteiger partial charge in [0.15, 0.2) is 0 Å². The number of hydrogen-bond donors (Lipinski definition) is 1. The molecule has 0 aliphatic heterocycles. The normalized spacial score (nSPS) is 12.0. The summed E-state index contributed by atoms with van der Waals surface area (Å²) in [6.45, 7) is 3.86. The minimum atomic E-state index is -3.59. The lowest BCUT2D eigenvalue weighted by molar-refractivity contribution is 0.245. The second kappa shape index (κ2) is 5.19. The van der Waals surface area contributed by atoms with Crippen LogP contribution in [-0.4, -0.2) is 14.5 Å². The van der Waals surface area contributed by atoms with Gasteiger partial charge < -0.3 is 4.74 Å². The SMILES string of the molecule is [CH2]NS(=O)(=O)c1ccc(OC(C)C)c2ccccc12. The molecule has 2 aromatic carbocycles. The zero-order chi connectivity index (χ0) is 14.0. The molecule has 0 heterocycles. The van der Waals surface area contributed by atoms with E-state index in [1.54, 1.807) is 18.2 Å². The van der Waals surface area contributed by atoms with Crippen LogP contribution < -0.4 is 9.46 Å². The molecule has 5 heteroatoms. The number of rotatable bonds is 4. The lowest BCUT2D eigenvalue weighted by atomic mass is 10.1. The lowest BCUT2D eigenvalue weighted by Crippen LogP contribution is -2.17. The summed E-state index contributed by atoms with van der Waals surface area (Å²) in [6, 6.07) is 10.5. The molecule has 0 saturated carbocycles. The van der Waals surface area contributed by atoms with E-state index in [1.165, 1.54) is 6.07 Å². The van der Waals surface area contributed by atoms with Gasteiger partial charge in [0.1, 0.15) is 5.75 Å². The highest BCUT2D eigenvalue weighted by Gasteiger charge is 2.17. The molecule has 101 valence electrons. The number of fused-ring (bicyclic) bond motifs is 1. The third-order valence-corrected chi connectivity index (χ3v) is 4.00. The Bertz CT molecular complexity index is 693. The van der Waals surface area contributed by atoms with E-state index in [0.29, 0.717) is 11.1 Å². The Kier molecular flexibility index (Phi) is 3.78. The number of nitrogens with one attached hydrogen (secondary N) is 1. The largest absolute Gasteiger partial charge is 0.490 e. The fraction of sp³-hybridized carbons (Fsp3) is 0.214. The van der Waals surface area contributed by atoms with Crippen molar-refractivity contribution >= 4 is 20.8 Å². The maximum absolute atomic E-state index is 11.9. The van der Waals surface area contributed by atoms with Gasteiger partial charge >= 0.3 is 0 Å². The Balaban J connectivity index is 2.72. The molecular weight excluding hydrogens is 262 g/mol. The molecule has 2 aromatic rings. The van der Waals surface area contributed by atoms with Gasteiger partial charge in [0.2, 0.25) is 10.0 Å². The monoisotopic (exact) mass is 278 g/mol. The van der Waals surface area contributed by atoms with E-state index in [-0.39, 0.29) is 11.0 Å². The molecule has 0 amide bonds. The maximum atomic E-state index is 11.9. The van der Waals surface area contributed by atoms with Crippen LogP contribution in [0.1, 0.15) is 13.8 Å². The summed E-state index contributed by atoms with van der Waals surface area (Å²) in [6.07, 6.45) is 0.0248. The van der Waals surface area contributed by atoms with Crippen molar-refractivity contribution in [3.63, 3.8) is 0 Å². The molecule has 1 radical (unpaired) electrons. The summed E-state index contributed by atoms with van der Waals surface area (Å²) < 4.78 is 31.7. The quantitative estimate of drug-likeness (QED) is 0.935. The first-order valence-corrected chi connectivity index (χ1v) is 7.41. The standard InChI is InChI=1S/C14H16NO3S/c1-10(2)18-13-8-9-14(19(16,17)15-3)12-7-5-4-6-11(12)13/h4-10,15H,3H2,1-2H3. The summed E-state index contributed by atoms with van der Waals surface area (Å²) in [5, 5.41) is 1.39. The predicted octanol–water partition coefficient (Wildman–Crippen LogP) is 2.70. The van der Waals surface area contributed by atoms with Crippen LogP contribution in [0.3, 0.4) is 0 Å². The minimum Gasteiger partial charge on any atom is -0.490 e. The van der Waals surface area contributed by atoms with Gasteiger partial charge in [-0.3, -0.25) is 0 Å². The zero-order valence-corrected chi connectivity index (χ0v) is 11.7. The molecule has 0 aliphatic rings. The molecule has 0 saturated heterocycles. The molecule has 0 unspecified atom stereocenters. The van der Waals surface area contributed by atoms with Gasteiger partial charge in [-0.1, -0.05) is 24.3 Å². The summed E-state index contributed by atoms with van der Waals surface area (Å²) >= 11 is 0. The Morgan fingerprint density at radius 2 is 1.74 bits per heavy atom. The van der Waals surface area contributed by atoms with Crippen molar-refractivity contribution in [3.05, 3.63) is 43.4 Å². The molecular formula is C14H16NO3S. The van der Waals surface area contributed by atoms with E-state index in [0.717, 1.165) is 5.39 Å². The maximum Gasteiger partial charge on any atom is 0.241 e. The van der Waals surface area contributed by atoms with Crippen molar-refractivity contribution in [1.29, 1.82) is 0 Å². The van der Waals surface area contributed by atoms with Crippen LogP contribution in [-0.2, 0) is 10.0 Å². The topological polar surface area (TPSA) is 55.4 Å². The van der Waals surface area contributed by atoms with Gasteiger partial charge in [0, 0.05) is 17.8 Å². The molecule has 0 spiro atoms. The van der Waals surface area contributed by atoms with Crippen LogP contribution in [0.4, 0.5) is 0 Å². The number of benzene rings is 2. The summed E-state index contributed by atoms with van der Waals surface area (Å²) in [5.74, 6) is 0.675. The predicted molar refractivity (Wildman–Crippen MR) is 75.4 cm³/mol. The first-order valence-electron chi connectivity index (χ1n) is 5.93. The van der Waals surface area contributed by atoms with Gasteiger partial charge in [-0.15, -0.1) is 0 Å². The van der Waals surface area contributed by atoms with E-state index < -0.39 is 10.0 Å². The molecule has 0 bridgehead atoms. The Morgan fingerprint density at radius 3 is 2.32 bits per heavy atom. The van der Waals surface area contributed by atoms with Crippen LogP contribution in [0.15, 0.2) is 41.3 Å². The summed E-state index contributed by atoms with van der Waals surface area (Å²) in [5.41, 5.74) is 0. The summed E-state index contributed by atoms with van der Waals surface area (Å²) in [4.78, 5) is 0.203. The van der Waals surface area contributed by atoms with Crippen molar-refractivity contribution in [2.45, 2.75) is 24.8 Å². The molecule has 2 rings (SSSR count). The van der Waals surface area contributed by atoms with Crippen LogP contribution in [0, 0.1) is 7.05 Å². The number of sulfonamides is 1. The Hall–Kier alpha value is -1.59. The smallest absolute Gasteiger partial charge is 0.241 e. The molecule has 4 nitrogen and oxygen atoms in total. The molecule has 0 aromatic heterocycles. The highest BCUT2D eigenvalue weighted by atomic mass is 32.2. The van der Waals surface area contributed by atoms with Crippen LogP contribution >= 0.6 is 0 Å². The average Bonchev–Trinajstić information content (AvgIpc) is 2.38. The second-order valence-electron chi connectivity index (χ2n) is 4.42. The van der Waals surface area contributed by atoms with Gasteiger partial charge in [-0.2, -0.15) is 0 Å². The fourth-order valence-corrected chi connectivity index (χ4v) is 2.78. The van der Waals surface area contributed by atoms with Gasteiger partial charge in [-0.05, 0) is 26.0 Å². The number of hydrogen-bond acceptors (Lipinski definition) is 3. The van der Waals surface area contributed by atoms with Gasteiger partial charge in [0.25, 0.3) is 0 Å². The van der Waals surface area contributed by atoms with Crippen molar-refractivity contribution < 1.29 is 13.2 Å². The highest BCUT2D eigenvalue weighted by molar-refractivity contribution is 7.89. The number of ether oxygens (including phenoxy) is 1. The van der Waals surface area contributed by atoms with Crippen LogP contribution in [0.25, 0.3) is 10.8 Å². The van der Waals surface area contributed by atoms with Crippen LogP contribution in [0.2, 0.25) is 0 Å². The van der Waals surface area contributed by atoms with Gasteiger partial charge in [0.05, 0.1) is 11.0 Å². The van der Waals surface area contributed by atoms with E-state index in [2.05, 4.69) is 11.8 Å². The van der Waals surface area contributed by atoms with E-state index in [9.17, 15) is 8.42 Å². The van der Waals surface area contributed by atoms with E-state index >= 15 is 0 Å². The van der Waals surface area contributed by atoms with E-state index in [1.807, 2.05) is 26.0 Å². The Morgan fingerprint density at radius 1 is 1.11 bits per heavy atom. The molecule has 0 aliphatic carbocycles. The molecule has 19 heavy (non-hydrogen) atoms. The zero-order valence-electron chi connectivity index (χ0n) is 10.9. The van der Waals surface area contributed by atoms with Crippen LogP contribution in [0.5, 0.6) is 5.75 Å². The van der Waals surface area contributed by atoms with Crippen molar-refractivity contribution in [3.8, 4) is 5.75 Å². The second-order valence-corrected chi connectivity index (χ2v) is 6.16. The minimum absolute atomic E-state index is 0.0248. The molecule has 0 atom stereocenters. The fourth-order valence-electron chi connectivity index (χ4n) is 1.91. The Labute approximate surface area is 113 Å². The third kappa shape index (κ3) is 2.72. The third-order valence-electron chi connectivity index (χ3n) is 2.69. The van der Waals surface area contributed by atoms with Crippen molar-refractivity contribution in [2.75, 3.05) is 0 Å².